The van der Waals surface area contributed by atoms with E-state index in [0.717, 1.165) is 37.9 Å². The smallest absolute Gasteiger partial charge is 0.160 e. The molecule has 2 aromatic carbocycles. The molecule has 0 radical (unpaired) electrons. The van der Waals surface area contributed by atoms with Crippen molar-refractivity contribution >= 4 is 27.0 Å². The van der Waals surface area contributed by atoms with Crippen LogP contribution in [0.15, 0.2) is 83.5 Å². The van der Waals surface area contributed by atoms with Crippen LogP contribution in [0.5, 0.6) is 0 Å². The third kappa shape index (κ3) is 2.76. The molecule has 4 rings (SSSR count). The third-order valence-electron chi connectivity index (χ3n) is 3.79. The Bertz CT molecular complexity index is 967. The van der Waals surface area contributed by atoms with Crippen molar-refractivity contribution in [3.63, 3.8) is 0 Å². The minimum atomic E-state index is 0.758. The highest BCUT2D eigenvalue weighted by Gasteiger charge is 2.10. The summed E-state index contributed by atoms with van der Waals surface area (Å²) in [7, 11) is 0. The zero-order valence-electron chi connectivity index (χ0n) is 12.3. The van der Waals surface area contributed by atoms with Crippen molar-refractivity contribution < 1.29 is 0 Å². The number of aromatic nitrogens is 2. The molecule has 0 saturated heterocycles. The number of fused-ring (bicyclic) bond motifs is 1. The molecule has 2 nitrogen and oxygen atoms in total. The van der Waals surface area contributed by atoms with E-state index in [1.807, 2.05) is 24.3 Å². The quantitative estimate of drug-likeness (QED) is 0.456. The summed E-state index contributed by atoms with van der Waals surface area (Å²) >= 11 is 3.51. The van der Waals surface area contributed by atoms with Gasteiger partial charge in [0.2, 0.25) is 0 Å². The lowest BCUT2D eigenvalue weighted by molar-refractivity contribution is 1.28. The number of hydrogen-bond donors (Lipinski definition) is 0. The van der Waals surface area contributed by atoms with Crippen molar-refractivity contribution in [2.24, 2.45) is 0 Å². The van der Waals surface area contributed by atoms with E-state index in [9.17, 15) is 0 Å². The molecule has 0 aliphatic rings. The van der Waals surface area contributed by atoms with Gasteiger partial charge in [-0.3, -0.25) is 0 Å². The van der Waals surface area contributed by atoms with E-state index in [2.05, 4.69) is 69.4 Å². The molecule has 3 heteroatoms. The van der Waals surface area contributed by atoms with E-state index >= 15 is 0 Å². The van der Waals surface area contributed by atoms with E-state index in [1.165, 1.54) is 0 Å². The lowest BCUT2D eigenvalue weighted by Gasteiger charge is -2.10. The predicted molar refractivity (Wildman–Crippen MR) is 98.1 cm³/mol. The molecule has 110 valence electrons. The fraction of sp³-hybridized carbons (Fsp3) is 0. The molecule has 0 saturated carbocycles. The van der Waals surface area contributed by atoms with Crippen molar-refractivity contribution in [3.8, 4) is 22.4 Å². The van der Waals surface area contributed by atoms with Crippen molar-refractivity contribution in [3.05, 3.63) is 83.5 Å². The molecule has 0 N–H and O–H groups in total. The number of hydrogen-bond acceptors (Lipinski definition) is 2. The number of halogens is 1. The van der Waals surface area contributed by atoms with Crippen LogP contribution in [0.1, 0.15) is 0 Å². The van der Waals surface area contributed by atoms with Crippen LogP contribution in [0, 0.1) is 0 Å². The Hall–Kier alpha value is -2.52. The van der Waals surface area contributed by atoms with Crippen LogP contribution < -0.4 is 0 Å². The fourth-order valence-corrected chi connectivity index (χ4v) is 3.02. The average Bonchev–Trinajstić information content (AvgIpc) is 2.62. The highest BCUT2D eigenvalue weighted by atomic mass is 79.9. The monoisotopic (exact) mass is 360 g/mol. The Morgan fingerprint density at radius 2 is 1.39 bits per heavy atom. The van der Waals surface area contributed by atoms with Gasteiger partial charge >= 0.3 is 0 Å². The minimum absolute atomic E-state index is 0.758. The minimum Gasteiger partial charge on any atom is -0.235 e. The Kier molecular flexibility index (Phi) is 3.64. The van der Waals surface area contributed by atoms with E-state index in [4.69, 9.17) is 4.98 Å². The third-order valence-corrected chi connectivity index (χ3v) is 4.22. The topological polar surface area (TPSA) is 25.8 Å². The summed E-state index contributed by atoms with van der Waals surface area (Å²) in [5.74, 6) is 0. The van der Waals surface area contributed by atoms with E-state index < -0.39 is 0 Å². The first-order valence-corrected chi connectivity index (χ1v) is 8.18. The molecule has 2 heterocycles. The molecule has 0 fully saturated rings. The molecule has 0 aliphatic carbocycles. The molecular formula is C20H13BrN2. The molecule has 0 spiro atoms. The molecule has 2 aromatic heterocycles. The SMILES string of the molecule is Brc1cnc2nc(-c3ccccc3)cc(-c3ccccc3)c2c1. The summed E-state index contributed by atoms with van der Waals surface area (Å²) in [5, 5.41) is 1.05. The Morgan fingerprint density at radius 3 is 2.09 bits per heavy atom. The van der Waals surface area contributed by atoms with Gasteiger partial charge in [0.05, 0.1) is 5.69 Å². The number of pyridine rings is 2. The van der Waals surface area contributed by atoms with Crippen LogP contribution in [0.3, 0.4) is 0 Å². The molecular weight excluding hydrogens is 348 g/mol. The van der Waals surface area contributed by atoms with Gasteiger partial charge in [-0.1, -0.05) is 60.7 Å². The number of benzene rings is 2. The normalized spacial score (nSPS) is 10.8. The van der Waals surface area contributed by atoms with Gasteiger partial charge in [-0.25, -0.2) is 9.97 Å². The Balaban J connectivity index is 2.04. The van der Waals surface area contributed by atoms with Crippen molar-refractivity contribution in [1.82, 2.24) is 9.97 Å². The summed E-state index contributed by atoms with van der Waals surface area (Å²) < 4.78 is 0.955. The Labute approximate surface area is 143 Å². The molecule has 23 heavy (non-hydrogen) atoms. The zero-order chi connectivity index (χ0) is 15.6. The summed E-state index contributed by atoms with van der Waals surface area (Å²) in [6, 6.07) is 24.8. The second-order valence-corrected chi connectivity index (χ2v) is 6.23. The summed E-state index contributed by atoms with van der Waals surface area (Å²) in [6.07, 6.45) is 1.79. The van der Waals surface area contributed by atoms with Crippen LogP contribution in [-0.2, 0) is 0 Å². The van der Waals surface area contributed by atoms with Crippen molar-refractivity contribution in [2.45, 2.75) is 0 Å². The largest absolute Gasteiger partial charge is 0.235 e. The first kappa shape index (κ1) is 14.1. The first-order chi connectivity index (χ1) is 11.3. The van der Waals surface area contributed by atoms with Crippen LogP contribution >= 0.6 is 15.9 Å². The second-order valence-electron chi connectivity index (χ2n) is 5.31. The molecule has 0 bridgehead atoms. The van der Waals surface area contributed by atoms with Gasteiger partial charge in [0.1, 0.15) is 0 Å². The van der Waals surface area contributed by atoms with Crippen LogP contribution in [0.25, 0.3) is 33.4 Å². The fourth-order valence-electron chi connectivity index (χ4n) is 2.69. The zero-order valence-corrected chi connectivity index (χ0v) is 13.9. The molecule has 0 aliphatic heterocycles. The van der Waals surface area contributed by atoms with Crippen LogP contribution in [0.2, 0.25) is 0 Å². The second kappa shape index (κ2) is 5.94. The number of rotatable bonds is 2. The maximum Gasteiger partial charge on any atom is 0.160 e. The molecule has 0 unspecified atom stereocenters. The van der Waals surface area contributed by atoms with Crippen LogP contribution in [-0.4, -0.2) is 9.97 Å². The lowest BCUT2D eigenvalue weighted by atomic mass is 10.00. The number of nitrogens with zero attached hydrogens (tertiary/aromatic N) is 2. The van der Waals surface area contributed by atoms with Crippen LogP contribution in [0.4, 0.5) is 0 Å². The summed E-state index contributed by atoms with van der Waals surface area (Å²) in [5.41, 5.74) is 5.09. The van der Waals surface area contributed by atoms with Gasteiger partial charge in [-0.2, -0.15) is 0 Å². The van der Waals surface area contributed by atoms with E-state index in [1.54, 1.807) is 6.20 Å². The lowest BCUT2D eigenvalue weighted by Crippen LogP contribution is -1.92. The summed E-state index contributed by atoms with van der Waals surface area (Å²) in [6.45, 7) is 0. The molecule has 0 amide bonds. The first-order valence-electron chi connectivity index (χ1n) is 7.38. The van der Waals surface area contributed by atoms with Gasteiger partial charge in [-0.05, 0) is 39.2 Å². The van der Waals surface area contributed by atoms with Crippen molar-refractivity contribution in [1.29, 1.82) is 0 Å². The standard InChI is InChI=1S/C20H13BrN2/c21-16-11-18-17(14-7-3-1-4-8-14)12-19(23-20(18)22-13-16)15-9-5-2-6-10-15/h1-13H. The maximum absolute atomic E-state index is 4.74. The average molecular weight is 361 g/mol. The van der Waals surface area contributed by atoms with Gasteiger partial charge in [-0.15, -0.1) is 0 Å². The van der Waals surface area contributed by atoms with Gasteiger partial charge in [0, 0.05) is 21.6 Å². The van der Waals surface area contributed by atoms with Crippen molar-refractivity contribution in [2.75, 3.05) is 0 Å². The molecule has 0 atom stereocenters. The summed E-state index contributed by atoms with van der Waals surface area (Å²) in [4.78, 5) is 9.24. The van der Waals surface area contributed by atoms with Gasteiger partial charge in [0.25, 0.3) is 0 Å². The van der Waals surface area contributed by atoms with Gasteiger partial charge in [0.15, 0.2) is 5.65 Å². The highest BCUT2D eigenvalue weighted by molar-refractivity contribution is 9.10. The van der Waals surface area contributed by atoms with E-state index in [-0.39, 0.29) is 0 Å². The molecule has 4 aromatic rings. The van der Waals surface area contributed by atoms with Gasteiger partial charge < -0.3 is 0 Å². The Morgan fingerprint density at radius 1 is 0.739 bits per heavy atom. The van der Waals surface area contributed by atoms with E-state index in [0.29, 0.717) is 0 Å². The highest BCUT2D eigenvalue weighted by Crippen LogP contribution is 2.32. The predicted octanol–water partition coefficient (Wildman–Crippen LogP) is 5.73. The maximum atomic E-state index is 4.74.